The van der Waals surface area contributed by atoms with Gasteiger partial charge >= 0.3 is 0 Å². The summed E-state index contributed by atoms with van der Waals surface area (Å²) in [6, 6.07) is 46.2. The van der Waals surface area contributed by atoms with E-state index in [0.717, 1.165) is 27.6 Å². The minimum atomic E-state index is 0.144. The van der Waals surface area contributed by atoms with Crippen molar-refractivity contribution in [3.05, 3.63) is 127 Å². The Morgan fingerprint density at radius 1 is 0.488 bits per heavy atom. The van der Waals surface area contributed by atoms with Crippen molar-refractivity contribution in [1.29, 1.82) is 0 Å². The summed E-state index contributed by atoms with van der Waals surface area (Å²) in [5, 5.41) is 2.28. The van der Waals surface area contributed by atoms with Crippen LogP contribution in [0.1, 0.15) is 0 Å². The lowest BCUT2D eigenvalue weighted by Crippen LogP contribution is -2.61. The van der Waals surface area contributed by atoms with Gasteiger partial charge in [-0.25, -0.2) is 0 Å². The van der Waals surface area contributed by atoms with E-state index < -0.39 is 0 Å². The Balaban J connectivity index is 1.33. The molecular weight excluding hydrogens is 519 g/mol. The summed E-state index contributed by atoms with van der Waals surface area (Å²) < 4.78 is 6.34. The van der Waals surface area contributed by atoms with Gasteiger partial charge in [0.05, 0.1) is 22.4 Å². The lowest BCUT2D eigenvalue weighted by atomic mass is 9.33. The molecule has 0 fully saturated rings. The first-order valence-electron chi connectivity index (χ1n) is 14.0. The van der Waals surface area contributed by atoms with Crippen LogP contribution in [0.25, 0.3) is 21.9 Å². The molecule has 3 aliphatic rings. The number of para-hydroxylation sites is 4. The first kappa shape index (κ1) is 21.9. The summed E-state index contributed by atoms with van der Waals surface area (Å²) >= 11 is 1.88. The third kappa shape index (κ3) is 2.76. The van der Waals surface area contributed by atoms with Crippen molar-refractivity contribution < 1.29 is 4.42 Å². The summed E-state index contributed by atoms with van der Waals surface area (Å²) in [5.74, 6) is 0. The van der Waals surface area contributed by atoms with E-state index in [9.17, 15) is 0 Å². The number of hydrogen-bond donors (Lipinski definition) is 0. The minimum Gasteiger partial charge on any atom is -0.456 e. The van der Waals surface area contributed by atoms with Gasteiger partial charge in [-0.1, -0.05) is 84.6 Å². The highest BCUT2D eigenvalue weighted by Gasteiger charge is 2.45. The number of hydrogen-bond acceptors (Lipinski definition) is 4. The maximum atomic E-state index is 6.34. The van der Waals surface area contributed by atoms with Gasteiger partial charge in [-0.05, 0) is 71.0 Å². The van der Waals surface area contributed by atoms with Crippen LogP contribution in [0.2, 0.25) is 0 Å². The van der Waals surface area contributed by atoms with Crippen LogP contribution in [0.15, 0.2) is 142 Å². The Labute approximate surface area is 241 Å². The Morgan fingerprint density at radius 3 is 2.07 bits per heavy atom. The van der Waals surface area contributed by atoms with Crippen LogP contribution >= 0.6 is 11.8 Å². The van der Waals surface area contributed by atoms with E-state index in [1.807, 2.05) is 17.8 Å². The molecule has 41 heavy (non-hydrogen) atoms. The monoisotopic (exact) mass is 540 g/mol. The van der Waals surface area contributed by atoms with Gasteiger partial charge in [-0.2, -0.15) is 0 Å². The molecule has 0 N–H and O–H groups in total. The average Bonchev–Trinajstić information content (AvgIpc) is 3.41. The Kier molecular flexibility index (Phi) is 4.20. The van der Waals surface area contributed by atoms with Crippen LogP contribution in [-0.4, -0.2) is 6.71 Å². The molecule has 0 saturated heterocycles. The van der Waals surface area contributed by atoms with E-state index in [-0.39, 0.29) is 6.71 Å². The van der Waals surface area contributed by atoms with Gasteiger partial charge in [0.2, 0.25) is 0 Å². The second-order valence-electron chi connectivity index (χ2n) is 10.9. The van der Waals surface area contributed by atoms with Crippen molar-refractivity contribution >= 4 is 90.9 Å². The highest BCUT2D eigenvalue weighted by Crippen LogP contribution is 2.53. The van der Waals surface area contributed by atoms with Crippen LogP contribution in [0.4, 0.5) is 34.1 Å². The molecule has 6 aromatic carbocycles. The maximum Gasteiger partial charge on any atom is 0.252 e. The fraction of sp³-hybridized carbons (Fsp3) is 0. The maximum absolute atomic E-state index is 6.34. The fourth-order valence-corrected chi connectivity index (χ4v) is 8.38. The van der Waals surface area contributed by atoms with Crippen molar-refractivity contribution in [2.45, 2.75) is 9.79 Å². The van der Waals surface area contributed by atoms with Crippen molar-refractivity contribution in [3.63, 3.8) is 0 Å². The summed E-state index contributed by atoms with van der Waals surface area (Å²) in [5.41, 5.74) is 13.3. The molecular formula is C36H21BN2OS. The molecule has 3 aliphatic heterocycles. The molecule has 0 saturated carbocycles. The first-order valence-corrected chi connectivity index (χ1v) is 14.8. The predicted octanol–water partition coefficient (Wildman–Crippen LogP) is 8.13. The lowest BCUT2D eigenvalue weighted by Gasteiger charge is -2.46. The van der Waals surface area contributed by atoms with Crippen LogP contribution in [0, 0.1) is 0 Å². The highest BCUT2D eigenvalue weighted by atomic mass is 32.2. The summed E-state index contributed by atoms with van der Waals surface area (Å²) in [6.45, 7) is 0.144. The van der Waals surface area contributed by atoms with Gasteiger partial charge in [0.25, 0.3) is 6.71 Å². The zero-order valence-electron chi connectivity index (χ0n) is 21.9. The summed E-state index contributed by atoms with van der Waals surface area (Å²) in [4.78, 5) is 7.57. The van der Waals surface area contributed by atoms with Gasteiger partial charge in [-0.15, -0.1) is 0 Å². The Bertz CT molecular complexity index is 2240. The number of furan rings is 1. The molecule has 0 spiro atoms. The number of rotatable bonds is 1. The van der Waals surface area contributed by atoms with Gasteiger partial charge in [0, 0.05) is 32.2 Å². The third-order valence-electron chi connectivity index (χ3n) is 8.83. The highest BCUT2D eigenvalue weighted by molar-refractivity contribution is 7.99. The quantitative estimate of drug-likeness (QED) is 0.196. The van der Waals surface area contributed by atoms with Crippen LogP contribution in [0.5, 0.6) is 0 Å². The topological polar surface area (TPSA) is 19.6 Å². The third-order valence-corrected chi connectivity index (χ3v) is 9.95. The van der Waals surface area contributed by atoms with Crippen molar-refractivity contribution in [2.75, 3.05) is 9.80 Å². The Hall–Kier alpha value is -4.87. The predicted molar refractivity (Wildman–Crippen MR) is 172 cm³/mol. The molecule has 190 valence electrons. The average molecular weight is 540 g/mol. The molecule has 1 aromatic heterocycles. The van der Waals surface area contributed by atoms with Crippen molar-refractivity contribution in [3.8, 4) is 0 Å². The largest absolute Gasteiger partial charge is 0.456 e. The first-order chi connectivity index (χ1) is 20.4. The number of benzene rings is 6. The number of anilines is 6. The van der Waals surface area contributed by atoms with Crippen molar-refractivity contribution in [2.24, 2.45) is 0 Å². The van der Waals surface area contributed by atoms with E-state index in [0.29, 0.717) is 0 Å². The standard InChI is InChI=1S/C36H21BN2OS/c1-5-18-30-22(10-1)34-27(15-9-19-31(34)40-30)38-25-13-3-2-11-23(25)37-24-12-7-21-33-36(24)39(26-14-4-6-20-32(26)41-33)29-17-8-16-28(38)35(29)37/h1-21H. The zero-order valence-corrected chi connectivity index (χ0v) is 22.7. The van der Waals surface area contributed by atoms with E-state index in [1.165, 1.54) is 54.6 Å². The number of fused-ring (bicyclic) bond motifs is 9. The van der Waals surface area contributed by atoms with E-state index in [2.05, 4.69) is 131 Å². The van der Waals surface area contributed by atoms with Crippen LogP contribution in [0.3, 0.4) is 0 Å². The van der Waals surface area contributed by atoms with E-state index in [4.69, 9.17) is 4.42 Å². The summed E-state index contributed by atoms with van der Waals surface area (Å²) in [6.07, 6.45) is 0. The molecule has 0 amide bonds. The molecule has 7 aromatic rings. The molecule has 10 rings (SSSR count). The normalized spacial score (nSPS) is 14.1. The van der Waals surface area contributed by atoms with Gasteiger partial charge in [-0.3, -0.25) is 0 Å². The molecule has 0 radical (unpaired) electrons. The van der Waals surface area contributed by atoms with Crippen LogP contribution < -0.4 is 26.2 Å². The van der Waals surface area contributed by atoms with E-state index in [1.54, 1.807) is 0 Å². The summed E-state index contributed by atoms with van der Waals surface area (Å²) in [7, 11) is 0. The molecule has 0 aliphatic carbocycles. The molecule has 5 heteroatoms. The molecule has 3 nitrogen and oxygen atoms in total. The molecule has 0 atom stereocenters. The Morgan fingerprint density at radius 2 is 1.12 bits per heavy atom. The van der Waals surface area contributed by atoms with Crippen LogP contribution in [-0.2, 0) is 0 Å². The lowest BCUT2D eigenvalue weighted by molar-refractivity contribution is 0.669. The molecule has 0 unspecified atom stereocenters. The van der Waals surface area contributed by atoms with Gasteiger partial charge < -0.3 is 14.2 Å². The second-order valence-corrected chi connectivity index (χ2v) is 12.0. The zero-order chi connectivity index (χ0) is 26.7. The smallest absolute Gasteiger partial charge is 0.252 e. The number of nitrogens with zero attached hydrogens (tertiary/aromatic N) is 2. The fourth-order valence-electron chi connectivity index (χ4n) is 7.28. The SMILES string of the molecule is c1ccc2c(c1)Sc1cccc3c1N2c1cccc2c1B3c1ccccc1N2c1cccc2oc3ccccc3c12. The second kappa shape index (κ2) is 7.87. The van der Waals surface area contributed by atoms with Gasteiger partial charge in [0.1, 0.15) is 11.2 Å². The molecule has 4 heterocycles. The van der Waals surface area contributed by atoms with E-state index >= 15 is 0 Å². The minimum absolute atomic E-state index is 0.144. The van der Waals surface area contributed by atoms with Gasteiger partial charge in [0.15, 0.2) is 0 Å². The van der Waals surface area contributed by atoms with Crippen molar-refractivity contribution in [1.82, 2.24) is 0 Å². The molecule has 0 bridgehead atoms.